The van der Waals surface area contributed by atoms with Crippen molar-refractivity contribution in [2.75, 3.05) is 38.7 Å². The van der Waals surface area contributed by atoms with Crippen LogP contribution in [0.4, 0.5) is 61.0 Å². The molecule has 0 amide bonds. The minimum absolute atomic E-state index is 0.170. The number of azo groups is 1. The van der Waals surface area contributed by atoms with Crippen LogP contribution in [-0.2, 0) is 30.4 Å². The van der Waals surface area contributed by atoms with Crippen LogP contribution in [0.25, 0.3) is 0 Å². The Morgan fingerprint density at radius 2 is 1.05 bits per heavy atom. The van der Waals surface area contributed by atoms with Crippen molar-refractivity contribution in [3.05, 3.63) is 132 Å². The summed E-state index contributed by atoms with van der Waals surface area (Å²) >= 11 is 0. The highest BCUT2D eigenvalue weighted by Gasteiger charge is 2.23. The summed E-state index contributed by atoms with van der Waals surface area (Å²) in [6.07, 6.45) is -2.80. The van der Waals surface area contributed by atoms with E-state index in [2.05, 4.69) is 87.6 Å². The minimum Gasteiger partial charge on any atom is -0.504 e. The smallest absolute Gasteiger partial charge is 0.337 e. The normalized spacial score (nSPS) is 12.6. The van der Waals surface area contributed by atoms with Gasteiger partial charge in [0, 0.05) is 23.7 Å². The van der Waals surface area contributed by atoms with Gasteiger partial charge in [-0.1, -0.05) is 60.7 Å². The third-order valence-electron chi connectivity index (χ3n) is 9.90. The van der Waals surface area contributed by atoms with E-state index in [4.69, 9.17) is 5.53 Å². The van der Waals surface area contributed by atoms with E-state index in [1.54, 1.807) is 36.4 Å². The van der Waals surface area contributed by atoms with Crippen molar-refractivity contribution in [1.82, 2.24) is 29.9 Å². The first-order valence-corrected chi connectivity index (χ1v) is 25.7. The zero-order valence-corrected chi connectivity index (χ0v) is 41.5. The van der Waals surface area contributed by atoms with Gasteiger partial charge in [-0.2, -0.15) is 74.1 Å². The first-order valence-electron chi connectivity index (χ1n) is 21.3. The van der Waals surface area contributed by atoms with Crippen LogP contribution in [0.5, 0.6) is 11.5 Å². The Bertz CT molecular complexity index is 3910. The number of hydrogen-bond acceptors (Lipinski definition) is 25. The van der Waals surface area contributed by atoms with Gasteiger partial charge in [-0.15, -0.1) is 15.3 Å². The quantitative estimate of drug-likeness (QED) is 0.0105. The van der Waals surface area contributed by atoms with Crippen LogP contribution < -0.4 is 32.1 Å². The molecule has 0 spiro atoms. The number of phenolic OH excluding ortho intramolecular Hbond substituents is 2. The van der Waals surface area contributed by atoms with E-state index in [1.165, 1.54) is 31.2 Å². The van der Waals surface area contributed by atoms with Crippen molar-refractivity contribution >= 4 is 100 Å². The maximum absolute atomic E-state index is 14.9. The number of hydrogen-bond donors (Lipinski definition) is 13. The second kappa shape index (κ2) is 23.3. The molecule has 2 aromatic heterocycles. The molecule has 0 aliphatic heterocycles. The number of hydrazone groups is 2. The van der Waals surface area contributed by atoms with E-state index in [0.29, 0.717) is 11.6 Å². The first-order chi connectivity index (χ1) is 36.8. The highest BCUT2D eigenvalue weighted by molar-refractivity contribution is 7.86. The van der Waals surface area contributed by atoms with E-state index in [-0.39, 0.29) is 23.8 Å². The molecule has 36 heteroatoms. The Hall–Kier alpha value is -9.88. The summed E-state index contributed by atoms with van der Waals surface area (Å²) in [5.41, 5.74) is 9.59. The number of nitrogens with zero attached hydrogens (tertiary/aromatic N) is 11. The molecule has 0 saturated heterocycles. The van der Waals surface area contributed by atoms with Crippen LogP contribution in [-0.4, -0.2) is 114 Å². The lowest BCUT2D eigenvalue weighted by Gasteiger charge is -2.16. The van der Waals surface area contributed by atoms with E-state index in [9.17, 15) is 67.8 Å². The molecule has 7 rings (SSSR count). The number of amidine groups is 2. The second-order valence-corrected chi connectivity index (χ2v) is 19.7. The zero-order chi connectivity index (χ0) is 56.5. The van der Waals surface area contributed by atoms with Crippen molar-refractivity contribution < 1.29 is 67.8 Å². The number of aromatic nitrogens is 6. The van der Waals surface area contributed by atoms with Crippen LogP contribution in [0, 0.1) is 17.7 Å². The lowest BCUT2D eigenvalue weighted by molar-refractivity contribution is 0.0697. The van der Waals surface area contributed by atoms with Gasteiger partial charge >= 0.3 is 18.1 Å². The lowest BCUT2D eigenvalue weighted by Crippen LogP contribution is -2.27. The van der Waals surface area contributed by atoms with Gasteiger partial charge in [0.05, 0.1) is 31.6 Å². The highest BCUT2D eigenvalue weighted by atomic mass is 32.2. The van der Waals surface area contributed by atoms with Crippen LogP contribution in [0.1, 0.15) is 28.4 Å². The largest absolute Gasteiger partial charge is 0.504 e. The molecular weight excluding hydrogens is 1100 g/mol. The molecule has 404 valence electrons. The number of aromatic hydroxyl groups is 2. The third-order valence-corrected chi connectivity index (χ3v) is 12.4. The fourth-order valence-corrected chi connectivity index (χ4v) is 7.89. The molecule has 2 heterocycles. The summed E-state index contributed by atoms with van der Waals surface area (Å²) in [6, 6.07) is 20.3. The predicted octanol–water partition coefficient (Wildman–Crippen LogP) is 5.95. The molecule has 13 N–H and O–H groups in total. The van der Waals surface area contributed by atoms with Crippen LogP contribution in [0.3, 0.4) is 0 Å². The Balaban J connectivity index is 1.09. The van der Waals surface area contributed by atoms with Gasteiger partial charge in [-0.25, -0.2) is 10.3 Å². The minimum atomic E-state index is -5.08. The number of aromatic carboxylic acids is 1. The number of nitrogens with one attached hydrogen (secondary N) is 7. The zero-order valence-electron chi connectivity index (χ0n) is 39.0. The number of phenols is 2. The van der Waals surface area contributed by atoms with Gasteiger partial charge in [-0.3, -0.25) is 24.5 Å². The van der Waals surface area contributed by atoms with Gasteiger partial charge < -0.3 is 36.6 Å². The molecule has 0 saturated carbocycles. The van der Waals surface area contributed by atoms with Crippen molar-refractivity contribution in [2.24, 2.45) is 25.5 Å². The van der Waals surface area contributed by atoms with E-state index < -0.39 is 139 Å². The summed E-state index contributed by atoms with van der Waals surface area (Å²) in [7, 11) is -14.9. The standard InChI is InChI=1S/C42H36F2N18O13S3/c1-20(47-40-51-38(44)53-42(55-40)49-29-16-24(77(70,71)72)17-30(32(29)63)58-60-34(56-45)21-8-4-2-5-9-21)19-46-39-50-37(43)52-41(54-39)48-28-15-25(78(73,74)75)18-31(33(28)64)59-62-35(22-10-6-3-7-11-22)61-57-27-14-23(76(67,68)69)12-13-26(27)36(65)66/h2-18,20,45,58-59,63-64H,19H2,1H3,(H,65,66)(H,67,68,69)(H,70,71,72)(H,73,74,75)(H2,46,48,50,52,54)(H2,47,49,51,53,55)/b56-45?,60-34-,61-57+,62-35-. The number of carboxylic acid groups (broad SMARTS) is 1. The summed E-state index contributed by atoms with van der Waals surface area (Å²) in [4.78, 5) is 31.7. The summed E-state index contributed by atoms with van der Waals surface area (Å²) in [6.45, 7) is 1.28. The fraction of sp³-hybridized carbons (Fsp3) is 0.0714. The molecule has 31 nitrogen and oxygen atoms in total. The molecular formula is C42H36F2N18O13S3. The molecule has 0 aliphatic rings. The fourth-order valence-electron chi connectivity index (χ4n) is 6.32. The number of benzene rings is 5. The van der Waals surface area contributed by atoms with E-state index >= 15 is 0 Å². The number of carbonyl (C=O) groups is 1. The molecule has 1 unspecified atom stereocenters. The molecule has 7 aromatic rings. The maximum Gasteiger partial charge on any atom is 0.337 e. The third kappa shape index (κ3) is 14.5. The molecule has 0 aliphatic carbocycles. The molecule has 5 aromatic carbocycles. The monoisotopic (exact) mass is 1130 g/mol. The Morgan fingerprint density at radius 1 is 0.603 bits per heavy atom. The summed E-state index contributed by atoms with van der Waals surface area (Å²) < 4.78 is 132. The van der Waals surface area contributed by atoms with Gasteiger partial charge in [0.25, 0.3) is 30.4 Å². The Labute approximate surface area is 437 Å². The number of carboxylic acids is 1. The topological polar surface area (TPSA) is 476 Å². The molecule has 0 fully saturated rings. The van der Waals surface area contributed by atoms with Gasteiger partial charge in [-0.05, 0) is 49.4 Å². The summed E-state index contributed by atoms with van der Waals surface area (Å²) in [5, 5.41) is 61.2. The highest BCUT2D eigenvalue weighted by Crippen LogP contribution is 2.38. The number of anilines is 8. The van der Waals surface area contributed by atoms with Crippen molar-refractivity contribution in [2.45, 2.75) is 27.7 Å². The summed E-state index contributed by atoms with van der Waals surface area (Å²) in [5.74, 6) is -5.88. The van der Waals surface area contributed by atoms with Gasteiger partial charge in [0.1, 0.15) is 17.1 Å². The van der Waals surface area contributed by atoms with Crippen molar-refractivity contribution in [1.29, 1.82) is 5.53 Å². The Kier molecular flexibility index (Phi) is 16.7. The number of halogens is 2. The van der Waals surface area contributed by atoms with Crippen LogP contribution in [0.2, 0.25) is 0 Å². The lowest BCUT2D eigenvalue weighted by atomic mass is 10.2. The molecule has 0 bridgehead atoms. The van der Waals surface area contributed by atoms with Crippen molar-refractivity contribution in [3.63, 3.8) is 0 Å². The van der Waals surface area contributed by atoms with Gasteiger partial charge in [0.2, 0.25) is 29.6 Å². The first kappa shape index (κ1) is 55.9. The predicted molar refractivity (Wildman–Crippen MR) is 270 cm³/mol. The van der Waals surface area contributed by atoms with E-state index in [0.717, 1.165) is 36.4 Å². The number of rotatable bonds is 20. The van der Waals surface area contributed by atoms with E-state index in [1.807, 2.05) is 0 Å². The maximum atomic E-state index is 14.9. The van der Waals surface area contributed by atoms with Crippen LogP contribution in [0.15, 0.2) is 143 Å². The van der Waals surface area contributed by atoms with Crippen LogP contribution >= 0.6 is 0 Å². The molecule has 0 radical (unpaired) electrons. The Morgan fingerprint density at radius 3 is 1.54 bits per heavy atom. The van der Waals surface area contributed by atoms with Gasteiger partial charge in [0.15, 0.2) is 17.3 Å². The van der Waals surface area contributed by atoms with Crippen molar-refractivity contribution in [3.8, 4) is 11.5 Å². The second-order valence-electron chi connectivity index (χ2n) is 15.5. The molecule has 78 heavy (non-hydrogen) atoms. The molecule has 1 atom stereocenters. The average molecular weight is 1140 g/mol. The average Bonchev–Trinajstić information content (AvgIpc) is 3.39. The SMILES string of the molecule is CC(CNc1nc(F)nc(Nc2cc(S(=O)(=O)O)cc(N/N=C(\N=N\c3cc(S(=O)(=O)O)ccc3C(=O)O)c3ccccc3)c2O)n1)Nc1nc(F)nc(Nc2cc(S(=O)(=O)O)cc(N/N=C(\N=N)c3ccccc3)c2O)n1.